The molecule has 0 saturated carbocycles. The quantitative estimate of drug-likeness (QED) is 0.340. The van der Waals surface area contributed by atoms with Crippen molar-refractivity contribution in [3.63, 3.8) is 0 Å². The molecule has 36 heavy (non-hydrogen) atoms. The molecule has 8 nitrogen and oxygen atoms in total. The van der Waals surface area contributed by atoms with Gasteiger partial charge in [-0.1, -0.05) is 17.7 Å². The Balaban J connectivity index is 1.40. The minimum atomic E-state index is -0.914. The molecule has 3 fully saturated rings. The van der Waals surface area contributed by atoms with Crippen LogP contribution in [0.4, 0.5) is 8.78 Å². The highest BCUT2D eigenvalue weighted by Gasteiger charge is 2.49. The summed E-state index contributed by atoms with van der Waals surface area (Å²) in [4.78, 5) is 22.0. The van der Waals surface area contributed by atoms with Crippen LogP contribution in [-0.2, 0) is 4.74 Å². The number of fused-ring (bicyclic) bond motifs is 2. The maximum atomic E-state index is 15.2. The van der Waals surface area contributed by atoms with Crippen molar-refractivity contribution >= 4 is 38.4 Å². The summed E-state index contributed by atoms with van der Waals surface area (Å²) in [7, 11) is 0. The van der Waals surface area contributed by atoms with Crippen molar-refractivity contribution in [2.75, 3.05) is 39.5 Å². The lowest BCUT2D eigenvalue weighted by molar-refractivity contribution is 0.107. The normalized spacial score (nSPS) is 26.9. The molecule has 0 spiro atoms. The van der Waals surface area contributed by atoms with Gasteiger partial charge in [0.1, 0.15) is 35.3 Å². The van der Waals surface area contributed by atoms with E-state index in [4.69, 9.17) is 25.8 Å². The number of nitrogens with one attached hydrogen (secondary N) is 2. The average Bonchev–Trinajstić information content (AvgIpc) is 3.57. The molecule has 2 unspecified atom stereocenters. The van der Waals surface area contributed by atoms with Crippen LogP contribution in [0.5, 0.6) is 11.8 Å². The van der Waals surface area contributed by atoms with Gasteiger partial charge < -0.3 is 19.5 Å². The maximum Gasteiger partial charge on any atom is 0.297 e. The highest BCUT2D eigenvalue weighted by Crippen LogP contribution is 2.42. The van der Waals surface area contributed by atoms with Crippen molar-refractivity contribution in [3.05, 3.63) is 38.3 Å². The Hall–Kier alpha value is -1.79. The molecule has 3 aliphatic rings. The van der Waals surface area contributed by atoms with Crippen molar-refractivity contribution in [1.29, 1.82) is 0 Å². The topological polar surface area (TPSA) is 88.7 Å². The molecule has 196 valence electrons. The van der Waals surface area contributed by atoms with Crippen LogP contribution in [-0.4, -0.2) is 78.2 Å². The number of alkyl halides is 1. The fraction of sp³-hybridized carbons (Fsp3) is 0.583. The van der Waals surface area contributed by atoms with Crippen LogP contribution in [0.15, 0.2) is 21.9 Å². The molecule has 0 radical (unpaired) electrons. The molecular formula is C24H28BrClF2N4O4. The zero-order chi connectivity index (χ0) is 25.4. The number of benzene rings is 1. The number of aromatic nitrogens is 2. The molecule has 2 aromatic rings. The first-order chi connectivity index (χ1) is 17.3. The average molecular weight is 590 g/mol. The summed E-state index contributed by atoms with van der Waals surface area (Å²) in [5, 5.41) is 3.17. The fourth-order valence-corrected chi connectivity index (χ4v) is 6.01. The zero-order valence-corrected chi connectivity index (χ0v) is 22.0. The highest BCUT2D eigenvalue weighted by atomic mass is 79.9. The van der Waals surface area contributed by atoms with Crippen LogP contribution in [0.3, 0.4) is 0 Å². The Morgan fingerprint density at radius 1 is 1.47 bits per heavy atom. The molecule has 5 rings (SSSR count). The Morgan fingerprint density at radius 3 is 3.06 bits per heavy atom. The fourth-order valence-electron chi connectivity index (χ4n) is 5.41. The van der Waals surface area contributed by atoms with Gasteiger partial charge in [-0.05, 0) is 41.7 Å². The van der Waals surface area contributed by atoms with Crippen molar-refractivity contribution < 1.29 is 23.0 Å². The molecule has 1 aromatic heterocycles. The number of H-pyrrole nitrogens is 1. The number of ether oxygens (including phenoxy) is 3. The van der Waals surface area contributed by atoms with Crippen molar-refractivity contribution in [3.8, 4) is 11.8 Å². The van der Waals surface area contributed by atoms with Gasteiger partial charge in [-0.25, -0.2) is 8.78 Å². The summed E-state index contributed by atoms with van der Waals surface area (Å²) in [5.74, 6) is -0.793. The summed E-state index contributed by atoms with van der Waals surface area (Å²) >= 11 is 9.53. The third kappa shape index (κ3) is 4.88. The Morgan fingerprint density at radius 2 is 2.31 bits per heavy atom. The third-order valence-electron chi connectivity index (χ3n) is 7.23. The van der Waals surface area contributed by atoms with Gasteiger partial charge >= 0.3 is 0 Å². The lowest BCUT2D eigenvalue weighted by Gasteiger charge is -2.30. The molecule has 3 aliphatic heterocycles. The van der Waals surface area contributed by atoms with E-state index < -0.39 is 23.1 Å². The minimum absolute atomic E-state index is 0.00758. The second-order valence-corrected chi connectivity index (χ2v) is 10.8. The molecule has 3 saturated heterocycles. The lowest BCUT2D eigenvalue weighted by Crippen LogP contribution is -2.43. The number of rotatable bonds is 9. The standard InChI is InChI=1S/C24H28BrClF2N4O4/c1-2-14(29-15-4-7-34-10-15)11-35-21-16-20(19(28)17(25)18(21)26)30-23(31-22(16)33)36-12-24-5-3-6-32(24)9-13(27)8-24/h2,13-15,29H,1,3-12H2,(H,30,31,33)/t13-,14?,15?,24+/m1/s1. The van der Waals surface area contributed by atoms with E-state index in [-0.39, 0.29) is 57.5 Å². The van der Waals surface area contributed by atoms with Crippen LogP contribution in [0, 0.1) is 5.82 Å². The monoisotopic (exact) mass is 588 g/mol. The largest absolute Gasteiger partial charge is 0.489 e. The molecule has 0 aliphatic carbocycles. The molecule has 1 aromatic carbocycles. The smallest absolute Gasteiger partial charge is 0.297 e. The summed E-state index contributed by atoms with van der Waals surface area (Å²) in [6.07, 6.45) is 3.76. The zero-order valence-electron chi connectivity index (χ0n) is 19.6. The second-order valence-electron chi connectivity index (χ2n) is 9.61. The van der Waals surface area contributed by atoms with Gasteiger partial charge in [-0.2, -0.15) is 4.98 Å². The Labute approximate surface area is 220 Å². The number of hydrogen-bond donors (Lipinski definition) is 2. The summed E-state index contributed by atoms with van der Waals surface area (Å²) < 4.78 is 46.3. The van der Waals surface area contributed by atoms with Gasteiger partial charge in [0.05, 0.1) is 22.7 Å². The number of hydrogen-bond acceptors (Lipinski definition) is 7. The van der Waals surface area contributed by atoms with E-state index in [9.17, 15) is 9.18 Å². The summed E-state index contributed by atoms with van der Waals surface area (Å²) in [6.45, 7) is 6.54. The molecule has 12 heteroatoms. The number of aromatic amines is 1. The van der Waals surface area contributed by atoms with Crippen molar-refractivity contribution in [1.82, 2.24) is 20.2 Å². The van der Waals surface area contributed by atoms with Gasteiger partial charge in [-0.15, -0.1) is 6.58 Å². The lowest BCUT2D eigenvalue weighted by atomic mass is 9.95. The van der Waals surface area contributed by atoms with E-state index in [0.29, 0.717) is 26.2 Å². The Bertz CT molecular complexity index is 1210. The minimum Gasteiger partial charge on any atom is -0.489 e. The van der Waals surface area contributed by atoms with Crippen LogP contribution in [0.2, 0.25) is 5.02 Å². The molecular weight excluding hydrogens is 562 g/mol. The van der Waals surface area contributed by atoms with Crippen LogP contribution >= 0.6 is 27.5 Å². The van der Waals surface area contributed by atoms with Gasteiger partial charge in [0, 0.05) is 25.6 Å². The predicted octanol–water partition coefficient (Wildman–Crippen LogP) is 3.75. The van der Waals surface area contributed by atoms with Gasteiger partial charge in [-0.3, -0.25) is 14.7 Å². The van der Waals surface area contributed by atoms with E-state index in [0.717, 1.165) is 25.8 Å². The van der Waals surface area contributed by atoms with E-state index in [1.165, 1.54) is 0 Å². The first-order valence-electron chi connectivity index (χ1n) is 12.0. The molecule has 4 heterocycles. The van der Waals surface area contributed by atoms with Gasteiger partial charge in [0.2, 0.25) is 0 Å². The van der Waals surface area contributed by atoms with Crippen molar-refractivity contribution in [2.45, 2.75) is 49.5 Å². The predicted molar refractivity (Wildman–Crippen MR) is 135 cm³/mol. The summed E-state index contributed by atoms with van der Waals surface area (Å²) in [6, 6.07) is -0.223. The van der Waals surface area contributed by atoms with Crippen molar-refractivity contribution in [2.24, 2.45) is 0 Å². The van der Waals surface area contributed by atoms with Crippen LogP contribution in [0.25, 0.3) is 10.9 Å². The first-order valence-corrected chi connectivity index (χ1v) is 13.2. The SMILES string of the molecule is C=CC(COc1c(Cl)c(Br)c(F)c2nc(OC[C@@]34CCCN3C[C@H](F)C4)[nH]c(=O)c12)NC1CCOC1. The number of halogens is 4. The molecule has 4 atom stereocenters. The van der Waals surface area contributed by atoms with Gasteiger partial charge in [0.25, 0.3) is 11.6 Å². The van der Waals surface area contributed by atoms with E-state index in [1.54, 1.807) is 6.08 Å². The molecule has 0 bridgehead atoms. The number of nitrogens with zero attached hydrogens (tertiary/aromatic N) is 2. The summed E-state index contributed by atoms with van der Waals surface area (Å²) in [5.41, 5.74) is -1.32. The van der Waals surface area contributed by atoms with Crippen LogP contribution < -0.4 is 20.3 Å². The van der Waals surface area contributed by atoms with Gasteiger partial charge in [0.15, 0.2) is 11.6 Å². The molecule has 0 amide bonds. The maximum absolute atomic E-state index is 15.2. The molecule has 2 N–H and O–H groups in total. The highest BCUT2D eigenvalue weighted by molar-refractivity contribution is 9.10. The van der Waals surface area contributed by atoms with Crippen LogP contribution in [0.1, 0.15) is 25.7 Å². The van der Waals surface area contributed by atoms with E-state index in [1.807, 2.05) is 0 Å². The van der Waals surface area contributed by atoms with E-state index in [2.05, 4.69) is 42.7 Å². The second kappa shape index (κ2) is 10.5. The first kappa shape index (κ1) is 25.8. The van der Waals surface area contributed by atoms with E-state index >= 15 is 4.39 Å². The Kier molecular flexibility index (Phi) is 7.56. The third-order valence-corrected chi connectivity index (χ3v) is 8.56.